The van der Waals surface area contributed by atoms with Crippen LogP contribution in [0.3, 0.4) is 0 Å². The van der Waals surface area contributed by atoms with Crippen LogP contribution in [0.25, 0.3) is 0 Å². The predicted molar refractivity (Wildman–Crippen MR) is 98.9 cm³/mol. The summed E-state index contributed by atoms with van der Waals surface area (Å²) in [5.41, 5.74) is 0.913. The Balaban J connectivity index is 1.59. The molecule has 7 atom stereocenters. The molecule has 0 radical (unpaired) electrons. The van der Waals surface area contributed by atoms with Gasteiger partial charge in [-0.05, 0) is 88.0 Å². The van der Waals surface area contributed by atoms with Crippen molar-refractivity contribution >= 4 is 5.78 Å². The molecule has 0 amide bonds. The second-order valence-corrected chi connectivity index (χ2v) is 10.1. The van der Waals surface area contributed by atoms with Crippen LogP contribution in [0.4, 0.5) is 0 Å². The maximum absolute atomic E-state index is 12.3. The lowest BCUT2D eigenvalue weighted by atomic mass is 9.52. The van der Waals surface area contributed by atoms with Crippen molar-refractivity contribution in [3.8, 4) is 0 Å². The van der Waals surface area contributed by atoms with Crippen LogP contribution in [0.5, 0.6) is 0 Å². The van der Waals surface area contributed by atoms with Gasteiger partial charge in [0.05, 0.1) is 6.04 Å². The molecule has 4 fully saturated rings. The summed E-state index contributed by atoms with van der Waals surface area (Å²) in [7, 11) is 0. The summed E-state index contributed by atoms with van der Waals surface area (Å²) in [6.07, 6.45) is 11.9. The highest BCUT2D eigenvalue weighted by Crippen LogP contribution is 2.63. The molecule has 4 rings (SSSR count). The normalized spacial score (nSPS) is 51.8. The molecule has 2 unspecified atom stereocenters. The molecule has 0 N–H and O–H groups in total. The quantitative estimate of drug-likeness (QED) is 0.705. The highest BCUT2D eigenvalue weighted by atomic mass is 16.1. The van der Waals surface area contributed by atoms with Gasteiger partial charge < -0.3 is 0 Å². The van der Waals surface area contributed by atoms with E-state index in [0.717, 1.165) is 43.1 Å². The first kappa shape index (κ1) is 17.1. The van der Waals surface area contributed by atoms with E-state index in [1.807, 2.05) is 0 Å². The Morgan fingerprint density at radius 1 is 1.17 bits per heavy atom. The van der Waals surface area contributed by atoms with E-state index in [1.165, 1.54) is 44.9 Å². The van der Waals surface area contributed by atoms with Crippen molar-refractivity contribution in [1.82, 2.24) is 4.90 Å². The van der Waals surface area contributed by atoms with Crippen LogP contribution < -0.4 is 0 Å². The zero-order chi connectivity index (χ0) is 17.1. The molecule has 2 saturated carbocycles. The summed E-state index contributed by atoms with van der Waals surface area (Å²) in [4.78, 5) is 14.9. The number of carbonyl (C=O) groups excluding carboxylic acids is 1. The van der Waals surface area contributed by atoms with Crippen molar-refractivity contribution in [1.29, 1.82) is 0 Å². The molecule has 2 heteroatoms. The van der Waals surface area contributed by atoms with Gasteiger partial charge in [0.25, 0.3) is 0 Å². The van der Waals surface area contributed by atoms with Gasteiger partial charge in [0, 0.05) is 12.0 Å². The summed E-state index contributed by atoms with van der Waals surface area (Å²) in [6.45, 7) is 10.8. The van der Waals surface area contributed by atoms with E-state index in [1.54, 1.807) is 0 Å². The number of nitrogens with zero attached hydrogens (tertiary/aromatic N) is 1. The minimum atomic E-state index is 0.162. The molecule has 2 nitrogen and oxygen atoms in total. The van der Waals surface area contributed by atoms with Crippen LogP contribution in [-0.4, -0.2) is 28.8 Å². The van der Waals surface area contributed by atoms with E-state index >= 15 is 0 Å². The molecule has 0 aromatic heterocycles. The summed E-state index contributed by atoms with van der Waals surface area (Å²) in [5.74, 6) is 4.18. The first-order valence-corrected chi connectivity index (χ1v) is 10.7. The van der Waals surface area contributed by atoms with Gasteiger partial charge in [-0.3, -0.25) is 9.69 Å². The van der Waals surface area contributed by atoms with E-state index in [0.29, 0.717) is 16.7 Å². The molecule has 0 aromatic carbocycles. The maximum Gasteiger partial charge on any atom is 0.149 e. The van der Waals surface area contributed by atoms with Crippen molar-refractivity contribution in [2.45, 2.75) is 97.1 Å². The first-order valence-electron chi connectivity index (χ1n) is 10.7. The Hall–Kier alpha value is -0.370. The molecule has 2 heterocycles. The highest BCUT2D eigenvalue weighted by Gasteiger charge is 2.59. The summed E-state index contributed by atoms with van der Waals surface area (Å²) >= 11 is 0. The summed E-state index contributed by atoms with van der Waals surface area (Å²) < 4.78 is 0. The van der Waals surface area contributed by atoms with Crippen LogP contribution in [0.15, 0.2) is 0 Å². The first-order chi connectivity index (χ1) is 11.4. The number of hydrogen-bond acceptors (Lipinski definition) is 2. The second kappa shape index (κ2) is 5.83. The van der Waals surface area contributed by atoms with Gasteiger partial charge >= 0.3 is 0 Å². The van der Waals surface area contributed by atoms with E-state index in [-0.39, 0.29) is 6.04 Å². The lowest BCUT2D eigenvalue weighted by molar-refractivity contribution is -0.151. The summed E-state index contributed by atoms with van der Waals surface area (Å²) in [5, 5.41) is 0. The Morgan fingerprint density at radius 3 is 2.71 bits per heavy atom. The fourth-order valence-corrected chi connectivity index (χ4v) is 7.78. The van der Waals surface area contributed by atoms with Gasteiger partial charge in [-0.15, -0.1) is 0 Å². The number of fused-ring (bicyclic) bond motifs is 5. The monoisotopic (exact) mass is 331 g/mol. The smallest absolute Gasteiger partial charge is 0.149 e. The molecule has 2 aliphatic carbocycles. The molecule has 24 heavy (non-hydrogen) atoms. The van der Waals surface area contributed by atoms with Crippen molar-refractivity contribution in [2.24, 2.45) is 29.1 Å². The number of hydrogen-bond donors (Lipinski definition) is 0. The SMILES string of the molecule is CCCC1C[C@H]2[C@@H]3CCN4C(C)C(=O)CC[C@]4(C)[C@@H]3CC[C@]2(C)C1. The van der Waals surface area contributed by atoms with Crippen molar-refractivity contribution in [3.05, 3.63) is 0 Å². The average molecular weight is 332 g/mol. The van der Waals surface area contributed by atoms with Crippen molar-refractivity contribution < 1.29 is 4.79 Å². The van der Waals surface area contributed by atoms with Gasteiger partial charge in [-0.2, -0.15) is 0 Å². The molecule has 2 aliphatic heterocycles. The number of Topliss-reactive ketones (excluding diaryl/α,β-unsaturated/α-hetero) is 1. The van der Waals surface area contributed by atoms with Crippen LogP contribution >= 0.6 is 0 Å². The minimum absolute atomic E-state index is 0.162. The van der Waals surface area contributed by atoms with Crippen LogP contribution in [-0.2, 0) is 4.79 Å². The minimum Gasteiger partial charge on any atom is -0.298 e. The third-order valence-corrected chi connectivity index (χ3v) is 8.96. The average Bonchev–Trinajstić information content (AvgIpc) is 2.88. The van der Waals surface area contributed by atoms with Crippen molar-refractivity contribution in [2.75, 3.05) is 6.54 Å². The largest absolute Gasteiger partial charge is 0.298 e. The lowest BCUT2D eigenvalue weighted by Gasteiger charge is -2.62. The second-order valence-electron chi connectivity index (χ2n) is 10.1. The zero-order valence-corrected chi connectivity index (χ0v) is 16.3. The Bertz CT molecular complexity index is 516. The topological polar surface area (TPSA) is 20.3 Å². The third-order valence-electron chi connectivity index (χ3n) is 8.96. The molecule has 0 aromatic rings. The van der Waals surface area contributed by atoms with Gasteiger partial charge in [0.1, 0.15) is 5.78 Å². The van der Waals surface area contributed by atoms with Crippen molar-refractivity contribution in [3.63, 3.8) is 0 Å². The molecular formula is C22H37NO. The number of piperidine rings is 2. The fraction of sp³-hybridized carbons (Fsp3) is 0.955. The van der Waals surface area contributed by atoms with Crippen LogP contribution in [0, 0.1) is 29.1 Å². The van der Waals surface area contributed by atoms with Gasteiger partial charge in [0.2, 0.25) is 0 Å². The molecule has 4 aliphatic rings. The predicted octanol–water partition coefficient (Wildman–Crippen LogP) is 5.06. The highest BCUT2D eigenvalue weighted by molar-refractivity contribution is 5.84. The van der Waals surface area contributed by atoms with Crippen LogP contribution in [0.2, 0.25) is 0 Å². The molecule has 0 spiro atoms. The number of carbonyl (C=O) groups is 1. The Labute approximate surface area is 148 Å². The van der Waals surface area contributed by atoms with Gasteiger partial charge in [-0.1, -0.05) is 26.7 Å². The third kappa shape index (κ3) is 2.35. The standard InChI is InChI=1S/C22H37NO/c1-5-6-16-13-19-17-9-12-23-15(2)20(24)8-11-22(23,4)18(17)7-10-21(19,3)14-16/h15-19H,5-14H2,1-4H3/t15?,16?,17-,18-,19+,21-,22-/m1/s1. The van der Waals surface area contributed by atoms with E-state index < -0.39 is 0 Å². The van der Waals surface area contributed by atoms with Crippen LogP contribution in [0.1, 0.15) is 85.5 Å². The van der Waals surface area contributed by atoms with Gasteiger partial charge in [0.15, 0.2) is 0 Å². The maximum atomic E-state index is 12.3. The molecular weight excluding hydrogens is 294 g/mol. The molecule has 136 valence electrons. The zero-order valence-electron chi connectivity index (χ0n) is 16.3. The van der Waals surface area contributed by atoms with E-state index in [2.05, 4.69) is 32.6 Å². The summed E-state index contributed by atoms with van der Waals surface area (Å²) in [6, 6.07) is 0.162. The molecule has 0 bridgehead atoms. The number of ketones is 1. The molecule has 2 saturated heterocycles. The fourth-order valence-electron chi connectivity index (χ4n) is 7.78. The van der Waals surface area contributed by atoms with E-state index in [9.17, 15) is 4.79 Å². The Kier molecular flexibility index (Phi) is 4.14. The Morgan fingerprint density at radius 2 is 1.96 bits per heavy atom. The number of rotatable bonds is 2. The lowest BCUT2D eigenvalue weighted by Crippen LogP contribution is -2.67. The van der Waals surface area contributed by atoms with Gasteiger partial charge in [-0.25, -0.2) is 0 Å². The van der Waals surface area contributed by atoms with E-state index in [4.69, 9.17) is 0 Å².